The van der Waals surface area contributed by atoms with Crippen molar-refractivity contribution in [3.63, 3.8) is 0 Å². The quantitative estimate of drug-likeness (QED) is 0.663. The minimum Gasteiger partial charge on any atom is -0.467 e. The van der Waals surface area contributed by atoms with Crippen LogP contribution in [0.3, 0.4) is 0 Å². The molecule has 0 saturated carbocycles. The zero-order chi connectivity index (χ0) is 14.7. The Morgan fingerprint density at radius 1 is 1.45 bits per heavy atom. The van der Waals surface area contributed by atoms with Crippen molar-refractivity contribution < 1.29 is 14.1 Å². The predicted octanol–water partition coefficient (Wildman–Crippen LogP) is 1.92. The molecule has 2 rings (SSSR count). The van der Waals surface area contributed by atoms with Crippen LogP contribution in [-0.2, 0) is 6.54 Å². The number of carbonyl (C=O) groups is 1. The summed E-state index contributed by atoms with van der Waals surface area (Å²) in [4.78, 5) is 23.3. The van der Waals surface area contributed by atoms with E-state index in [0.717, 1.165) is 0 Å². The first-order chi connectivity index (χ1) is 9.49. The molecule has 1 aromatic carbocycles. The SMILES string of the molecule is CN(Cc1ccco1)c1ccc(C(N)=O)cc1[N+](=O)[O-]. The number of hydrogen-bond donors (Lipinski definition) is 1. The number of rotatable bonds is 5. The van der Waals surface area contributed by atoms with Crippen LogP contribution in [0.1, 0.15) is 16.1 Å². The van der Waals surface area contributed by atoms with Gasteiger partial charge in [-0.05, 0) is 24.3 Å². The third-order valence-electron chi connectivity index (χ3n) is 2.84. The second-order valence-electron chi connectivity index (χ2n) is 4.26. The van der Waals surface area contributed by atoms with Crippen molar-refractivity contribution in [2.45, 2.75) is 6.54 Å². The molecule has 1 heterocycles. The van der Waals surface area contributed by atoms with Crippen LogP contribution >= 0.6 is 0 Å². The second kappa shape index (κ2) is 5.43. The first-order valence-electron chi connectivity index (χ1n) is 5.81. The Morgan fingerprint density at radius 2 is 2.20 bits per heavy atom. The molecule has 7 nitrogen and oxygen atoms in total. The zero-order valence-electron chi connectivity index (χ0n) is 10.8. The van der Waals surface area contributed by atoms with E-state index in [9.17, 15) is 14.9 Å². The molecule has 1 amide bonds. The van der Waals surface area contributed by atoms with Crippen LogP contribution < -0.4 is 10.6 Å². The van der Waals surface area contributed by atoms with E-state index in [-0.39, 0.29) is 11.3 Å². The van der Waals surface area contributed by atoms with E-state index in [1.165, 1.54) is 24.5 Å². The maximum atomic E-state index is 11.1. The van der Waals surface area contributed by atoms with Gasteiger partial charge in [-0.2, -0.15) is 0 Å². The number of amides is 1. The lowest BCUT2D eigenvalue weighted by Crippen LogP contribution is -2.18. The van der Waals surface area contributed by atoms with E-state index in [1.807, 2.05) is 0 Å². The van der Waals surface area contributed by atoms with Crippen LogP contribution in [-0.4, -0.2) is 17.9 Å². The number of nitro groups is 1. The van der Waals surface area contributed by atoms with Crippen molar-refractivity contribution in [1.29, 1.82) is 0 Å². The summed E-state index contributed by atoms with van der Waals surface area (Å²) in [7, 11) is 1.70. The van der Waals surface area contributed by atoms with Gasteiger partial charge in [0.1, 0.15) is 11.4 Å². The third-order valence-corrected chi connectivity index (χ3v) is 2.84. The molecule has 0 bridgehead atoms. The average molecular weight is 275 g/mol. The summed E-state index contributed by atoms with van der Waals surface area (Å²) in [6.07, 6.45) is 1.54. The van der Waals surface area contributed by atoms with E-state index in [0.29, 0.717) is 18.0 Å². The Kier molecular flexibility index (Phi) is 3.69. The van der Waals surface area contributed by atoms with E-state index < -0.39 is 10.8 Å². The number of furan rings is 1. The normalized spacial score (nSPS) is 10.2. The summed E-state index contributed by atoms with van der Waals surface area (Å²) in [6.45, 7) is 0.379. The van der Waals surface area contributed by atoms with Crippen LogP contribution in [0.4, 0.5) is 11.4 Å². The lowest BCUT2D eigenvalue weighted by atomic mass is 10.1. The van der Waals surface area contributed by atoms with Crippen molar-refractivity contribution in [2.75, 3.05) is 11.9 Å². The van der Waals surface area contributed by atoms with Gasteiger partial charge >= 0.3 is 0 Å². The summed E-state index contributed by atoms with van der Waals surface area (Å²) in [5, 5.41) is 11.1. The van der Waals surface area contributed by atoms with Gasteiger partial charge in [0.05, 0.1) is 17.7 Å². The molecule has 0 radical (unpaired) electrons. The topological polar surface area (TPSA) is 103 Å². The van der Waals surface area contributed by atoms with Gasteiger partial charge < -0.3 is 15.1 Å². The summed E-state index contributed by atoms with van der Waals surface area (Å²) in [6, 6.07) is 7.66. The van der Waals surface area contributed by atoms with Gasteiger partial charge in [-0.1, -0.05) is 0 Å². The smallest absolute Gasteiger partial charge is 0.293 e. The Labute approximate surface area is 114 Å². The molecule has 0 aliphatic rings. The maximum Gasteiger partial charge on any atom is 0.293 e. The Morgan fingerprint density at radius 3 is 2.75 bits per heavy atom. The van der Waals surface area contributed by atoms with Gasteiger partial charge in [0, 0.05) is 18.7 Å². The molecule has 0 saturated heterocycles. The maximum absolute atomic E-state index is 11.1. The van der Waals surface area contributed by atoms with E-state index in [1.54, 1.807) is 24.1 Å². The van der Waals surface area contributed by atoms with Crippen molar-refractivity contribution in [3.05, 3.63) is 58.0 Å². The van der Waals surface area contributed by atoms with Crippen LogP contribution in [0.25, 0.3) is 0 Å². The highest BCUT2D eigenvalue weighted by Gasteiger charge is 2.19. The Hall–Kier alpha value is -2.83. The van der Waals surface area contributed by atoms with Crippen molar-refractivity contribution in [3.8, 4) is 0 Å². The number of benzene rings is 1. The predicted molar refractivity (Wildman–Crippen MR) is 72.4 cm³/mol. The molecule has 0 atom stereocenters. The number of carbonyl (C=O) groups excluding carboxylic acids is 1. The monoisotopic (exact) mass is 275 g/mol. The molecule has 0 spiro atoms. The van der Waals surface area contributed by atoms with Crippen LogP contribution in [0.15, 0.2) is 41.0 Å². The first kappa shape index (κ1) is 13.6. The largest absolute Gasteiger partial charge is 0.467 e. The number of primary amides is 1. The molecule has 7 heteroatoms. The summed E-state index contributed by atoms with van der Waals surface area (Å²) in [5.41, 5.74) is 5.45. The second-order valence-corrected chi connectivity index (χ2v) is 4.26. The van der Waals surface area contributed by atoms with Gasteiger partial charge in [-0.25, -0.2) is 0 Å². The number of nitrogens with two attached hydrogens (primary N) is 1. The lowest BCUT2D eigenvalue weighted by Gasteiger charge is -2.18. The summed E-state index contributed by atoms with van der Waals surface area (Å²) >= 11 is 0. The van der Waals surface area contributed by atoms with Gasteiger partial charge in [-0.3, -0.25) is 14.9 Å². The third kappa shape index (κ3) is 2.77. The molecule has 1 aromatic heterocycles. The molecule has 2 N–H and O–H groups in total. The highest BCUT2D eigenvalue weighted by molar-refractivity contribution is 5.94. The van der Waals surface area contributed by atoms with Gasteiger partial charge in [0.2, 0.25) is 5.91 Å². The summed E-state index contributed by atoms with van der Waals surface area (Å²) in [5.74, 6) is -0.0193. The number of nitro benzene ring substituents is 1. The van der Waals surface area contributed by atoms with Crippen molar-refractivity contribution >= 4 is 17.3 Å². The van der Waals surface area contributed by atoms with Gasteiger partial charge in [0.25, 0.3) is 5.69 Å². The average Bonchev–Trinajstić information content (AvgIpc) is 2.90. The molecular weight excluding hydrogens is 262 g/mol. The highest BCUT2D eigenvalue weighted by Crippen LogP contribution is 2.29. The summed E-state index contributed by atoms with van der Waals surface area (Å²) < 4.78 is 5.20. The molecule has 20 heavy (non-hydrogen) atoms. The number of anilines is 1. The fraction of sp³-hybridized carbons (Fsp3) is 0.154. The minimum atomic E-state index is -0.701. The first-order valence-corrected chi connectivity index (χ1v) is 5.81. The molecule has 0 aliphatic carbocycles. The van der Waals surface area contributed by atoms with Crippen molar-refractivity contribution in [2.24, 2.45) is 5.73 Å². The highest BCUT2D eigenvalue weighted by atomic mass is 16.6. The molecule has 2 aromatic rings. The van der Waals surface area contributed by atoms with Crippen LogP contribution in [0.5, 0.6) is 0 Å². The van der Waals surface area contributed by atoms with Crippen molar-refractivity contribution in [1.82, 2.24) is 0 Å². The van der Waals surface area contributed by atoms with E-state index in [2.05, 4.69) is 0 Å². The Balaban J connectivity index is 2.35. The van der Waals surface area contributed by atoms with Crippen LogP contribution in [0.2, 0.25) is 0 Å². The number of hydrogen-bond acceptors (Lipinski definition) is 5. The Bertz CT molecular complexity index is 637. The van der Waals surface area contributed by atoms with Gasteiger partial charge in [-0.15, -0.1) is 0 Å². The van der Waals surface area contributed by atoms with E-state index >= 15 is 0 Å². The molecule has 104 valence electrons. The number of nitrogens with zero attached hydrogens (tertiary/aromatic N) is 2. The fourth-order valence-corrected chi connectivity index (χ4v) is 1.87. The minimum absolute atomic E-state index is 0.104. The van der Waals surface area contributed by atoms with Crippen LogP contribution in [0, 0.1) is 10.1 Å². The zero-order valence-corrected chi connectivity index (χ0v) is 10.8. The molecule has 0 aliphatic heterocycles. The molecular formula is C13H13N3O4. The fourth-order valence-electron chi connectivity index (χ4n) is 1.87. The van der Waals surface area contributed by atoms with Gasteiger partial charge in [0.15, 0.2) is 0 Å². The molecule has 0 fully saturated rings. The van der Waals surface area contributed by atoms with E-state index in [4.69, 9.17) is 10.2 Å². The standard InChI is InChI=1S/C13H13N3O4/c1-15(8-10-3-2-6-20-10)11-5-4-9(13(14)17)7-12(11)16(18)19/h2-7H,8H2,1H3,(H2,14,17). The molecule has 0 unspecified atom stereocenters. The lowest BCUT2D eigenvalue weighted by molar-refractivity contribution is -0.384.